The van der Waals surface area contributed by atoms with Crippen molar-refractivity contribution in [1.29, 1.82) is 0 Å². The van der Waals surface area contributed by atoms with Crippen molar-refractivity contribution < 1.29 is 4.79 Å². The Bertz CT molecular complexity index is 433. The summed E-state index contributed by atoms with van der Waals surface area (Å²) in [5.41, 5.74) is 2.30. The van der Waals surface area contributed by atoms with Gasteiger partial charge >= 0.3 is 0 Å². The Labute approximate surface area is 109 Å². The molecule has 2 atom stereocenters. The Hall–Kier alpha value is -1.57. The molecule has 0 aromatic heterocycles. The predicted octanol–water partition coefficient (Wildman–Crippen LogP) is 3.31. The van der Waals surface area contributed by atoms with Crippen molar-refractivity contribution in [2.24, 2.45) is 5.92 Å². The lowest BCUT2D eigenvalue weighted by Gasteiger charge is -2.09. The predicted molar refractivity (Wildman–Crippen MR) is 75.2 cm³/mol. The first-order valence-electron chi connectivity index (χ1n) is 6.69. The summed E-state index contributed by atoms with van der Waals surface area (Å²) in [7, 11) is 0. The number of carbonyl (C=O) groups is 1. The monoisotopic (exact) mass is 243 g/mol. The van der Waals surface area contributed by atoms with Gasteiger partial charge in [0, 0.05) is 12.1 Å². The van der Waals surface area contributed by atoms with Crippen molar-refractivity contribution in [3.05, 3.63) is 41.5 Å². The van der Waals surface area contributed by atoms with Gasteiger partial charge in [0.1, 0.15) is 0 Å². The first-order valence-corrected chi connectivity index (χ1v) is 6.69. The van der Waals surface area contributed by atoms with Crippen LogP contribution in [0, 0.1) is 12.8 Å². The van der Waals surface area contributed by atoms with Gasteiger partial charge in [-0.1, -0.05) is 36.8 Å². The van der Waals surface area contributed by atoms with E-state index in [9.17, 15) is 4.79 Å². The van der Waals surface area contributed by atoms with Gasteiger partial charge in [-0.15, -0.1) is 0 Å². The van der Waals surface area contributed by atoms with E-state index < -0.39 is 0 Å². The topological polar surface area (TPSA) is 29.1 Å². The van der Waals surface area contributed by atoms with E-state index in [2.05, 4.69) is 31.3 Å². The molecule has 1 aliphatic rings. The Morgan fingerprint density at radius 2 is 2.00 bits per heavy atom. The van der Waals surface area contributed by atoms with E-state index >= 15 is 0 Å². The molecule has 2 rings (SSSR count). The SMILES string of the molecule is Cc1ccc(/C=C/C(=O)NC2CCC(C)C2)cc1. The smallest absolute Gasteiger partial charge is 0.244 e. The molecule has 1 aromatic rings. The third-order valence-corrected chi connectivity index (χ3v) is 3.55. The van der Waals surface area contributed by atoms with Crippen LogP contribution in [0.2, 0.25) is 0 Å². The molecule has 0 heterocycles. The largest absolute Gasteiger partial charge is 0.350 e. The highest BCUT2D eigenvalue weighted by Gasteiger charge is 2.21. The van der Waals surface area contributed by atoms with Crippen LogP contribution >= 0.6 is 0 Å². The summed E-state index contributed by atoms with van der Waals surface area (Å²) in [6.07, 6.45) is 6.96. The molecule has 1 N–H and O–H groups in total. The van der Waals surface area contributed by atoms with E-state index in [1.807, 2.05) is 18.2 Å². The summed E-state index contributed by atoms with van der Waals surface area (Å²) in [4.78, 5) is 11.7. The molecule has 96 valence electrons. The van der Waals surface area contributed by atoms with Gasteiger partial charge in [0.05, 0.1) is 0 Å². The van der Waals surface area contributed by atoms with Crippen molar-refractivity contribution in [2.45, 2.75) is 39.2 Å². The lowest BCUT2D eigenvalue weighted by molar-refractivity contribution is -0.117. The molecule has 2 heteroatoms. The first-order chi connectivity index (χ1) is 8.63. The van der Waals surface area contributed by atoms with Crippen molar-refractivity contribution in [2.75, 3.05) is 0 Å². The standard InChI is InChI=1S/C16H21NO/c1-12-3-6-14(7-4-12)8-10-16(18)17-15-9-5-13(2)11-15/h3-4,6-8,10,13,15H,5,9,11H2,1-2H3,(H,17,18)/b10-8+. The molecule has 0 aliphatic heterocycles. The van der Waals surface area contributed by atoms with E-state index in [0.29, 0.717) is 6.04 Å². The molecule has 18 heavy (non-hydrogen) atoms. The molecule has 0 saturated heterocycles. The van der Waals surface area contributed by atoms with E-state index in [0.717, 1.165) is 24.3 Å². The zero-order valence-electron chi connectivity index (χ0n) is 11.1. The van der Waals surface area contributed by atoms with Gasteiger partial charge in [-0.2, -0.15) is 0 Å². The van der Waals surface area contributed by atoms with Crippen LogP contribution in [-0.4, -0.2) is 11.9 Å². The zero-order chi connectivity index (χ0) is 13.0. The van der Waals surface area contributed by atoms with Crippen LogP contribution in [0.25, 0.3) is 6.08 Å². The zero-order valence-corrected chi connectivity index (χ0v) is 11.1. The number of hydrogen-bond donors (Lipinski definition) is 1. The molecule has 2 unspecified atom stereocenters. The Morgan fingerprint density at radius 1 is 1.28 bits per heavy atom. The van der Waals surface area contributed by atoms with Crippen LogP contribution < -0.4 is 5.32 Å². The average molecular weight is 243 g/mol. The molecule has 0 radical (unpaired) electrons. The number of aryl methyl sites for hydroxylation is 1. The summed E-state index contributed by atoms with van der Waals surface area (Å²) in [5.74, 6) is 0.769. The summed E-state index contributed by atoms with van der Waals surface area (Å²) < 4.78 is 0. The number of nitrogens with one attached hydrogen (secondary N) is 1. The van der Waals surface area contributed by atoms with Gasteiger partial charge in [-0.3, -0.25) is 4.79 Å². The van der Waals surface area contributed by atoms with Gasteiger partial charge in [-0.05, 0) is 43.7 Å². The normalized spacial score (nSPS) is 23.4. The maximum atomic E-state index is 11.7. The second-order valence-corrected chi connectivity index (χ2v) is 5.37. The minimum Gasteiger partial charge on any atom is -0.350 e. The van der Waals surface area contributed by atoms with Gasteiger partial charge in [0.2, 0.25) is 5.91 Å². The van der Waals surface area contributed by atoms with Gasteiger partial charge in [0.25, 0.3) is 0 Å². The van der Waals surface area contributed by atoms with E-state index in [1.54, 1.807) is 6.08 Å². The first kappa shape index (κ1) is 12.9. The minimum atomic E-state index is 0.0228. The molecule has 1 saturated carbocycles. The summed E-state index contributed by atoms with van der Waals surface area (Å²) in [6, 6.07) is 8.52. The van der Waals surface area contributed by atoms with Gasteiger partial charge < -0.3 is 5.32 Å². The highest BCUT2D eigenvalue weighted by atomic mass is 16.1. The van der Waals surface area contributed by atoms with Crippen molar-refractivity contribution in [1.82, 2.24) is 5.32 Å². The highest BCUT2D eigenvalue weighted by molar-refractivity contribution is 5.91. The molecule has 1 aromatic carbocycles. The fourth-order valence-electron chi connectivity index (χ4n) is 2.44. The lowest BCUT2D eigenvalue weighted by atomic mass is 10.1. The number of rotatable bonds is 3. The highest BCUT2D eigenvalue weighted by Crippen LogP contribution is 2.24. The second-order valence-electron chi connectivity index (χ2n) is 5.37. The number of benzene rings is 1. The van der Waals surface area contributed by atoms with Crippen LogP contribution in [0.4, 0.5) is 0 Å². The van der Waals surface area contributed by atoms with Crippen molar-refractivity contribution in [3.8, 4) is 0 Å². The maximum absolute atomic E-state index is 11.7. The van der Waals surface area contributed by atoms with Gasteiger partial charge in [0.15, 0.2) is 0 Å². The Balaban J connectivity index is 1.85. The Kier molecular flexibility index (Phi) is 4.19. The van der Waals surface area contributed by atoms with E-state index in [1.165, 1.54) is 12.0 Å². The molecule has 2 nitrogen and oxygen atoms in total. The molecule has 0 bridgehead atoms. The number of carbonyl (C=O) groups excluding carboxylic acids is 1. The lowest BCUT2D eigenvalue weighted by Crippen LogP contribution is -2.31. The van der Waals surface area contributed by atoms with Crippen LogP contribution in [0.1, 0.15) is 37.3 Å². The molecule has 1 aliphatic carbocycles. The average Bonchev–Trinajstić information content (AvgIpc) is 2.74. The summed E-state index contributed by atoms with van der Waals surface area (Å²) in [6.45, 7) is 4.30. The molecular formula is C16H21NO. The maximum Gasteiger partial charge on any atom is 0.244 e. The van der Waals surface area contributed by atoms with Crippen molar-refractivity contribution >= 4 is 12.0 Å². The number of amides is 1. The van der Waals surface area contributed by atoms with Crippen LogP contribution in [0.3, 0.4) is 0 Å². The quantitative estimate of drug-likeness (QED) is 0.811. The van der Waals surface area contributed by atoms with E-state index in [4.69, 9.17) is 0 Å². The fraction of sp³-hybridized carbons (Fsp3) is 0.438. The third kappa shape index (κ3) is 3.73. The molecule has 1 amide bonds. The van der Waals surface area contributed by atoms with Gasteiger partial charge in [-0.25, -0.2) is 0 Å². The van der Waals surface area contributed by atoms with Crippen LogP contribution in [0.15, 0.2) is 30.3 Å². The summed E-state index contributed by atoms with van der Waals surface area (Å²) in [5, 5.41) is 3.07. The Morgan fingerprint density at radius 3 is 2.61 bits per heavy atom. The fourth-order valence-corrected chi connectivity index (χ4v) is 2.44. The molecule has 0 spiro atoms. The summed E-state index contributed by atoms with van der Waals surface area (Å²) >= 11 is 0. The minimum absolute atomic E-state index is 0.0228. The van der Waals surface area contributed by atoms with Crippen LogP contribution in [-0.2, 0) is 4.79 Å². The molecular weight excluding hydrogens is 222 g/mol. The van der Waals surface area contributed by atoms with E-state index in [-0.39, 0.29) is 5.91 Å². The number of hydrogen-bond acceptors (Lipinski definition) is 1. The second kappa shape index (κ2) is 5.85. The van der Waals surface area contributed by atoms with Crippen LogP contribution in [0.5, 0.6) is 0 Å². The third-order valence-electron chi connectivity index (χ3n) is 3.55. The van der Waals surface area contributed by atoms with Crippen molar-refractivity contribution in [3.63, 3.8) is 0 Å². The molecule has 1 fully saturated rings.